The predicted octanol–water partition coefficient (Wildman–Crippen LogP) is 5.93. The van der Waals surface area contributed by atoms with Gasteiger partial charge in [-0.25, -0.2) is 0 Å². The first-order valence-electron chi connectivity index (χ1n) is 10.8. The van der Waals surface area contributed by atoms with Crippen LogP contribution in [-0.2, 0) is 11.2 Å². The van der Waals surface area contributed by atoms with Crippen molar-refractivity contribution in [2.75, 3.05) is 18.0 Å². The number of nitro groups is 1. The number of ether oxygens (including phenoxy) is 1. The molecule has 2 aromatic carbocycles. The minimum atomic E-state index is -0.343. The van der Waals surface area contributed by atoms with E-state index in [0.29, 0.717) is 30.2 Å². The minimum Gasteiger partial charge on any atom is -0.450 e. The maximum atomic E-state index is 11.9. The molecule has 0 N–H and O–H groups in total. The van der Waals surface area contributed by atoms with Crippen LogP contribution < -0.4 is 9.64 Å². The Hall–Kier alpha value is -2.89. The van der Waals surface area contributed by atoms with Gasteiger partial charge in [0.1, 0.15) is 17.2 Å². The third-order valence-corrected chi connectivity index (χ3v) is 5.73. The second-order valence-corrected chi connectivity index (χ2v) is 8.05. The molecule has 0 atom stereocenters. The van der Waals surface area contributed by atoms with Crippen molar-refractivity contribution in [3.63, 3.8) is 0 Å². The minimum absolute atomic E-state index is 0.0205. The number of carbonyl (C=O) groups is 1. The number of rotatable bonds is 9. The monoisotopic (exact) mass is 410 g/mol. The van der Waals surface area contributed by atoms with E-state index < -0.39 is 0 Å². The lowest BCUT2D eigenvalue weighted by molar-refractivity contribution is -0.384. The van der Waals surface area contributed by atoms with Crippen molar-refractivity contribution in [3.8, 4) is 11.5 Å². The maximum Gasteiger partial charge on any atom is 0.334 e. The van der Waals surface area contributed by atoms with Crippen LogP contribution in [0.5, 0.6) is 11.5 Å². The molecule has 1 fully saturated rings. The number of piperidine rings is 1. The van der Waals surface area contributed by atoms with Crippen LogP contribution in [0.15, 0.2) is 42.5 Å². The number of ketones is 1. The Morgan fingerprint density at radius 3 is 2.47 bits per heavy atom. The van der Waals surface area contributed by atoms with Gasteiger partial charge in [-0.3, -0.25) is 10.1 Å². The summed E-state index contributed by atoms with van der Waals surface area (Å²) in [5, 5.41) is 11.9. The van der Waals surface area contributed by atoms with Crippen LogP contribution in [0.1, 0.15) is 51.5 Å². The zero-order valence-electron chi connectivity index (χ0n) is 17.8. The number of hydrogen-bond donors (Lipinski definition) is 0. The van der Waals surface area contributed by atoms with Crippen LogP contribution >= 0.6 is 0 Å². The molecule has 6 heteroatoms. The average Bonchev–Trinajstić information content (AvgIpc) is 2.73. The molecular formula is C24H30N2O4. The first-order valence-corrected chi connectivity index (χ1v) is 10.8. The van der Waals surface area contributed by atoms with Gasteiger partial charge in [-0.05, 0) is 61.9 Å². The Labute approximate surface area is 178 Å². The number of benzene rings is 2. The Morgan fingerprint density at radius 2 is 1.87 bits per heavy atom. The van der Waals surface area contributed by atoms with Gasteiger partial charge in [0.05, 0.1) is 4.92 Å². The van der Waals surface area contributed by atoms with Gasteiger partial charge in [-0.2, -0.15) is 0 Å². The summed E-state index contributed by atoms with van der Waals surface area (Å²) in [6.07, 6.45) is 5.72. The topological polar surface area (TPSA) is 72.7 Å². The van der Waals surface area contributed by atoms with E-state index in [0.717, 1.165) is 31.5 Å². The summed E-state index contributed by atoms with van der Waals surface area (Å²) >= 11 is 0. The van der Waals surface area contributed by atoms with Crippen LogP contribution in [0, 0.1) is 16.0 Å². The Bertz CT molecular complexity index is 871. The molecule has 160 valence electrons. The van der Waals surface area contributed by atoms with E-state index >= 15 is 0 Å². The van der Waals surface area contributed by atoms with Gasteiger partial charge in [0, 0.05) is 19.5 Å². The van der Waals surface area contributed by atoms with Gasteiger partial charge >= 0.3 is 5.69 Å². The number of nitro benzene ring substituents is 1. The summed E-state index contributed by atoms with van der Waals surface area (Å²) in [6.45, 7) is 5.45. The molecule has 0 saturated carbocycles. The first-order chi connectivity index (χ1) is 14.5. The van der Waals surface area contributed by atoms with Gasteiger partial charge in [-0.1, -0.05) is 38.0 Å². The summed E-state index contributed by atoms with van der Waals surface area (Å²) in [5.41, 5.74) is 1.69. The number of anilines is 1. The van der Waals surface area contributed by atoms with Crippen molar-refractivity contribution < 1.29 is 14.5 Å². The summed E-state index contributed by atoms with van der Waals surface area (Å²) in [4.78, 5) is 24.8. The number of nitrogens with zero attached hydrogens (tertiary/aromatic N) is 2. The smallest absolute Gasteiger partial charge is 0.334 e. The van der Waals surface area contributed by atoms with Crippen LogP contribution in [0.2, 0.25) is 0 Å². The van der Waals surface area contributed by atoms with E-state index in [1.54, 1.807) is 25.1 Å². The molecule has 0 spiro atoms. The van der Waals surface area contributed by atoms with Crippen molar-refractivity contribution >= 4 is 17.2 Å². The van der Waals surface area contributed by atoms with E-state index in [9.17, 15) is 14.9 Å². The standard InChI is InChI=1S/C24H30N2O4/c1-3-5-19-14-16-25(17-15-19)22-6-4-7-23(24(22)26(28)29)30-21-12-10-20(11-13-21)9-8-18(2)27/h4,6-7,10-13,19H,3,5,8-9,14-17H2,1-2H3. The molecule has 1 saturated heterocycles. The second kappa shape index (κ2) is 10.2. The lowest BCUT2D eigenvalue weighted by atomic mass is 9.92. The molecule has 30 heavy (non-hydrogen) atoms. The highest BCUT2D eigenvalue weighted by molar-refractivity contribution is 5.75. The molecule has 0 radical (unpaired) electrons. The van der Waals surface area contributed by atoms with E-state index in [1.165, 1.54) is 12.8 Å². The summed E-state index contributed by atoms with van der Waals surface area (Å²) < 4.78 is 5.91. The molecule has 2 aromatic rings. The summed E-state index contributed by atoms with van der Waals surface area (Å²) in [6, 6.07) is 12.7. The van der Waals surface area contributed by atoms with Crippen LogP contribution in [0.3, 0.4) is 0 Å². The number of carbonyl (C=O) groups excluding carboxylic acids is 1. The highest BCUT2D eigenvalue weighted by Gasteiger charge is 2.28. The zero-order chi connectivity index (χ0) is 21.5. The highest BCUT2D eigenvalue weighted by atomic mass is 16.6. The fourth-order valence-electron chi connectivity index (χ4n) is 4.07. The van der Waals surface area contributed by atoms with Crippen LogP contribution in [-0.4, -0.2) is 23.8 Å². The number of Topliss-reactive ketones (excluding diaryl/α,β-unsaturated/α-hetero) is 1. The largest absolute Gasteiger partial charge is 0.450 e. The van der Waals surface area contributed by atoms with E-state index in [2.05, 4.69) is 11.8 Å². The second-order valence-electron chi connectivity index (χ2n) is 8.05. The Morgan fingerprint density at radius 1 is 1.17 bits per heavy atom. The predicted molar refractivity (Wildman–Crippen MR) is 118 cm³/mol. The Kier molecular flexibility index (Phi) is 7.44. The SMILES string of the molecule is CCCC1CCN(c2cccc(Oc3ccc(CCC(C)=O)cc3)c2[N+](=O)[O-])CC1. The molecule has 3 rings (SSSR count). The molecule has 1 aliphatic heterocycles. The number of para-hydroxylation sites is 1. The normalized spacial score (nSPS) is 14.5. The van der Waals surface area contributed by atoms with Crippen molar-refractivity contribution in [3.05, 3.63) is 58.1 Å². The number of hydrogen-bond acceptors (Lipinski definition) is 5. The third-order valence-electron chi connectivity index (χ3n) is 5.73. The number of aryl methyl sites for hydroxylation is 1. The highest BCUT2D eigenvalue weighted by Crippen LogP contribution is 2.41. The van der Waals surface area contributed by atoms with E-state index in [1.807, 2.05) is 24.3 Å². The Balaban J connectivity index is 1.76. The lowest BCUT2D eigenvalue weighted by Crippen LogP contribution is -2.34. The van der Waals surface area contributed by atoms with Crippen molar-refractivity contribution in [2.24, 2.45) is 5.92 Å². The van der Waals surface area contributed by atoms with E-state index in [4.69, 9.17) is 4.74 Å². The molecule has 1 aliphatic rings. The summed E-state index contributed by atoms with van der Waals surface area (Å²) in [5.74, 6) is 1.67. The van der Waals surface area contributed by atoms with Crippen LogP contribution in [0.4, 0.5) is 11.4 Å². The maximum absolute atomic E-state index is 11.9. The van der Waals surface area contributed by atoms with Gasteiger partial charge < -0.3 is 14.4 Å². The fourth-order valence-corrected chi connectivity index (χ4v) is 4.07. The quantitative estimate of drug-likeness (QED) is 0.379. The van der Waals surface area contributed by atoms with E-state index in [-0.39, 0.29) is 22.1 Å². The zero-order valence-corrected chi connectivity index (χ0v) is 17.8. The van der Waals surface area contributed by atoms with Crippen molar-refractivity contribution in [1.82, 2.24) is 0 Å². The molecule has 0 bridgehead atoms. The van der Waals surface area contributed by atoms with Gasteiger partial charge in [0.15, 0.2) is 0 Å². The van der Waals surface area contributed by atoms with Crippen LogP contribution in [0.25, 0.3) is 0 Å². The molecule has 0 aromatic heterocycles. The molecule has 0 aliphatic carbocycles. The third kappa shape index (κ3) is 5.59. The molecular weight excluding hydrogens is 380 g/mol. The fraction of sp³-hybridized carbons (Fsp3) is 0.458. The van der Waals surface area contributed by atoms with Crippen molar-refractivity contribution in [1.29, 1.82) is 0 Å². The molecule has 0 unspecified atom stereocenters. The lowest BCUT2D eigenvalue weighted by Gasteiger charge is -2.33. The summed E-state index contributed by atoms with van der Waals surface area (Å²) in [7, 11) is 0. The average molecular weight is 411 g/mol. The van der Waals surface area contributed by atoms with Crippen molar-refractivity contribution in [2.45, 2.75) is 52.4 Å². The molecule has 0 amide bonds. The molecule has 6 nitrogen and oxygen atoms in total. The first kappa shape index (κ1) is 21.8. The van der Waals surface area contributed by atoms with Gasteiger partial charge in [0.25, 0.3) is 0 Å². The molecule has 1 heterocycles. The van der Waals surface area contributed by atoms with Gasteiger partial charge in [0.2, 0.25) is 5.75 Å². The van der Waals surface area contributed by atoms with Gasteiger partial charge in [-0.15, -0.1) is 0 Å².